The number of aromatic nitrogens is 1. The maximum absolute atomic E-state index is 12.1. The van der Waals surface area contributed by atoms with Crippen molar-refractivity contribution in [3.63, 3.8) is 0 Å². The van der Waals surface area contributed by atoms with E-state index < -0.39 is 10.0 Å². The molecule has 8 heteroatoms. The van der Waals surface area contributed by atoms with Crippen molar-refractivity contribution in [3.8, 4) is 0 Å². The zero-order valence-corrected chi connectivity index (χ0v) is 13.8. The summed E-state index contributed by atoms with van der Waals surface area (Å²) in [6, 6.07) is 6.20. The second-order valence-corrected chi connectivity index (χ2v) is 7.17. The molecule has 0 saturated heterocycles. The number of carbonyl (C=O) groups is 1. The van der Waals surface area contributed by atoms with Crippen molar-refractivity contribution in [1.29, 1.82) is 0 Å². The number of amides is 1. The van der Waals surface area contributed by atoms with Crippen molar-refractivity contribution in [1.82, 2.24) is 9.71 Å². The second-order valence-electron chi connectivity index (χ2n) is 4.37. The number of halogens is 1. The highest BCUT2D eigenvalue weighted by atomic mass is 79.9. The zero-order chi connectivity index (χ0) is 15.6. The molecule has 0 saturated carbocycles. The van der Waals surface area contributed by atoms with E-state index in [-0.39, 0.29) is 10.8 Å². The molecule has 3 N–H and O–H groups in total. The van der Waals surface area contributed by atoms with Gasteiger partial charge in [0, 0.05) is 16.4 Å². The fraction of sp³-hybridized carbons (Fsp3) is 0.154. The summed E-state index contributed by atoms with van der Waals surface area (Å²) in [7, 11) is -2.21. The maximum Gasteiger partial charge on any atom is 0.272 e. The number of carbonyl (C=O) groups excluding carboxylic acids is 1. The minimum Gasteiger partial charge on any atom is -0.356 e. The van der Waals surface area contributed by atoms with Gasteiger partial charge in [0.2, 0.25) is 10.0 Å². The average molecular weight is 372 g/mol. The highest BCUT2D eigenvalue weighted by molar-refractivity contribution is 9.10. The Morgan fingerprint density at radius 2 is 2.00 bits per heavy atom. The summed E-state index contributed by atoms with van der Waals surface area (Å²) in [5, 5.41) is 2.69. The molecule has 0 aliphatic carbocycles. The third-order valence-electron chi connectivity index (χ3n) is 2.93. The lowest BCUT2D eigenvalue weighted by Gasteiger charge is -2.10. The quantitative estimate of drug-likeness (QED) is 0.769. The van der Waals surface area contributed by atoms with Crippen molar-refractivity contribution >= 4 is 37.5 Å². The molecule has 0 unspecified atom stereocenters. The first-order valence-electron chi connectivity index (χ1n) is 6.03. The van der Waals surface area contributed by atoms with Crippen molar-refractivity contribution < 1.29 is 13.2 Å². The molecule has 0 fully saturated rings. The van der Waals surface area contributed by atoms with E-state index in [2.05, 4.69) is 31.0 Å². The van der Waals surface area contributed by atoms with E-state index >= 15 is 0 Å². The summed E-state index contributed by atoms with van der Waals surface area (Å²) in [5.74, 6) is -0.345. The van der Waals surface area contributed by atoms with E-state index in [0.717, 1.165) is 10.0 Å². The predicted octanol–water partition coefficient (Wildman–Crippen LogP) is 2.25. The van der Waals surface area contributed by atoms with Gasteiger partial charge in [-0.2, -0.15) is 0 Å². The van der Waals surface area contributed by atoms with E-state index in [0.29, 0.717) is 11.4 Å². The van der Waals surface area contributed by atoms with Gasteiger partial charge in [0.1, 0.15) is 5.69 Å². The van der Waals surface area contributed by atoms with Crippen LogP contribution in [0, 0.1) is 6.92 Å². The summed E-state index contributed by atoms with van der Waals surface area (Å²) in [5.41, 5.74) is 1.59. The molecule has 6 nitrogen and oxygen atoms in total. The number of hydrogen-bond donors (Lipinski definition) is 3. The normalized spacial score (nSPS) is 11.4. The van der Waals surface area contributed by atoms with Gasteiger partial charge in [-0.15, -0.1) is 0 Å². The zero-order valence-electron chi connectivity index (χ0n) is 11.4. The van der Waals surface area contributed by atoms with Crippen molar-refractivity contribution in [2.75, 3.05) is 12.4 Å². The highest BCUT2D eigenvalue weighted by Crippen LogP contribution is 2.21. The van der Waals surface area contributed by atoms with Gasteiger partial charge in [-0.3, -0.25) is 4.79 Å². The molecule has 0 spiro atoms. The number of aryl methyl sites for hydroxylation is 1. The Hall–Kier alpha value is -1.64. The van der Waals surface area contributed by atoms with Crippen LogP contribution in [0.2, 0.25) is 0 Å². The SMILES string of the molecule is CNS(=O)(=O)c1ccc(C)c(NC(=O)c2cc(Br)c[nH]2)c1. The minimum absolute atomic E-state index is 0.0959. The van der Waals surface area contributed by atoms with E-state index in [4.69, 9.17) is 0 Å². The van der Waals surface area contributed by atoms with Crippen LogP contribution >= 0.6 is 15.9 Å². The van der Waals surface area contributed by atoms with Crippen molar-refractivity contribution in [2.45, 2.75) is 11.8 Å². The van der Waals surface area contributed by atoms with Crippen molar-refractivity contribution in [3.05, 3.63) is 46.2 Å². The summed E-state index contributed by atoms with van der Waals surface area (Å²) < 4.78 is 26.6. The van der Waals surface area contributed by atoms with Gasteiger partial charge in [0.15, 0.2) is 0 Å². The molecule has 1 aromatic carbocycles. The maximum atomic E-state index is 12.1. The Kier molecular flexibility index (Phi) is 4.50. The molecule has 1 aromatic heterocycles. The van der Waals surface area contributed by atoms with E-state index in [9.17, 15) is 13.2 Å². The van der Waals surface area contributed by atoms with Crippen LogP contribution in [-0.4, -0.2) is 26.4 Å². The van der Waals surface area contributed by atoms with Gasteiger partial charge < -0.3 is 10.3 Å². The minimum atomic E-state index is -3.55. The van der Waals surface area contributed by atoms with Crippen LogP contribution < -0.4 is 10.0 Å². The van der Waals surface area contributed by atoms with E-state index in [1.165, 1.54) is 19.2 Å². The van der Waals surface area contributed by atoms with Gasteiger partial charge in [0.25, 0.3) is 5.91 Å². The summed E-state index contributed by atoms with van der Waals surface area (Å²) in [6.07, 6.45) is 1.64. The van der Waals surface area contributed by atoms with Crippen LogP contribution in [0.3, 0.4) is 0 Å². The lowest BCUT2D eigenvalue weighted by atomic mass is 10.2. The largest absolute Gasteiger partial charge is 0.356 e. The van der Waals surface area contributed by atoms with Gasteiger partial charge in [-0.05, 0) is 53.7 Å². The number of sulfonamides is 1. The fourth-order valence-electron chi connectivity index (χ4n) is 1.71. The molecule has 21 heavy (non-hydrogen) atoms. The molecule has 0 radical (unpaired) electrons. The third-order valence-corrected chi connectivity index (χ3v) is 4.80. The smallest absolute Gasteiger partial charge is 0.272 e. The van der Waals surface area contributed by atoms with Crippen LogP contribution in [0.15, 0.2) is 39.8 Å². The summed E-state index contributed by atoms with van der Waals surface area (Å²) >= 11 is 3.25. The standard InChI is InChI=1S/C13H14BrN3O3S/c1-8-3-4-10(21(19,20)15-2)6-11(8)17-13(18)12-5-9(14)7-16-12/h3-7,15-16H,1-2H3,(H,17,18). The van der Waals surface area contributed by atoms with Crippen LogP contribution in [-0.2, 0) is 10.0 Å². The predicted molar refractivity (Wildman–Crippen MR) is 83.9 cm³/mol. The average Bonchev–Trinajstić information content (AvgIpc) is 2.87. The summed E-state index contributed by atoms with van der Waals surface area (Å²) in [4.78, 5) is 15.0. The molecular formula is C13H14BrN3O3S. The number of anilines is 1. The molecule has 0 bridgehead atoms. The molecule has 2 rings (SSSR count). The summed E-state index contributed by atoms with van der Waals surface area (Å²) in [6.45, 7) is 1.79. The van der Waals surface area contributed by atoms with Gasteiger partial charge >= 0.3 is 0 Å². The van der Waals surface area contributed by atoms with Crippen molar-refractivity contribution in [2.24, 2.45) is 0 Å². The lowest BCUT2D eigenvalue weighted by molar-refractivity contribution is 0.102. The van der Waals surface area contributed by atoms with Gasteiger partial charge in [0.05, 0.1) is 4.90 Å². The number of nitrogens with one attached hydrogen (secondary N) is 3. The topological polar surface area (TPSA) is 91.1 Å². The highest BCUT2D eigenvalue weighted by Gasteiger charge is 2.15. The molecule has 112 valence electrons. The molecule has 0 aliphatic heterocycles. The fourth-order valence-corrected chi connectivity index (χ4v) is 2.81. The Morgan fingerprint density at radius 3 is 2.57 bits per heavy atom. The first kappa shape index (κ1) is 15.7. The van der Waals surface area contributed by atoms with E-state index in [1.807, 2.05) is 0 Å². The number of aromatic amines is 1. The number of H-pyrrole nitrogens is 1. The van der Waals surface area contributed by atoms with Gasteiger partial charge in [-0.25, -0.2) is 13.1 Å². The van der Waals surface area contributed by atoms with Crippen LogP contribution in [0.5, 0.6) is 0 Å². The lowest BCUT2D eigenvalue weighted by Crippen LogP contribution is -2.19. The Balaban J connectivity index is 2.32. The molecule has 2 aromatic rings. The van der Waals surface area contributed by atoms with Crippen LogP contribution in [0.25, 0.3) is 0 Å². The van der Waals surface area contributed by atoms with Crippen LogP contribution in [0.1, 0.15) is 16.1 Å². The first-order valence-corrected chi connectivity index (χ1v) is 8.30. The van der Waals surface area contributed by atoms with E-state index in [1.54, 1.807) is 25.3 Å². The molecular weight excluding hydrogens is 358 g/mol. The number of benzene rings is 1. The Bertz CT molecular complexity index is 784. The first-order chi connectivity index (χ1) is 9.83. The Morgan fingerprint density at radius 1 is 1.29 bits per heavy atom. The molecule has 1 amide bonds. The third kappa shape index (κ3) is 3.52. The molecule has 0 atom stereocenters. The molecule has 0 aliphatic rings. The van der Waals surface area contributed by atoms with Crippen LogP contribution in [0.4, 0.5) is 5.69 Å². The monoisotopic (exact) mass is 371 g/mol. The second kappa shape index (κ2) is 6.00. The number of rotatable bonds is 4. The Labute approximate surface area is 131 Å². The molecule has 1 heterocycles. The number of hydrogen-bond acceptors (Lipinski definition) is 3. The van der Waals surface area contributed by atoms with Gasteiger partial charge in [-0.1, -0.05) is 6.07 Å².